The number of amides is 1. The average molecular weight is 444 g/mol. The normalized spacial score (nSPS) is 14.3. The highest BCUT2D eigenvalue weighted by Gasteiger charge is 2.31. The van der Waals surface area contributed by atoms with Gasteiger partial charge < -0.3 is 14.5 Å². The van der Waals surface area contributed by atoms with E-state index in [2.05, 4.69) is 15.5 Å². The molecule has 0 radical (unpaired) electrons. The third kappa shape index (κ3) is 6.71. The van der Waals surface area contributed by atoms with Crippen molar-refractivity contribution in [3.05, 3.63) is 40.7 Å². The number of ether oxygens (including phenoxy) is 1. The van der Waals surface area contributed by atoms with Crippen molar-refractivity contribution < 1.29 is 22.4 Å². The monoisotopic (exact) mass is 443 g/mol. The van der Waals surface area contributed by atoms with Crippen molar-refractivity contribution in [2.75, 3.05) is 0 Å². The van der Waals surface area contributed by atoms with E-state index in [-0.39, 0.29) is 17.6 Å². The van der Waals surface area contributed by atoms with E-state index >= 15 is 0 Å². The highest BCUT2D eigenvalue weighted by atomic mass is 35.5. The minimum Gasteiger partial charge on any atom is -0.444 e. The average Bonchev–Trinajstić information content (AvgIpc) is 3.08. The van der Waals surface area contributed by atoms with Gasteiger partial charge in [-0.2, -0.15) is 0 Å². The largest absolute Gasteiger partial charge is 0.444 e. The van der Waals surface area contributed by atoms with Crippen LogP contribution in [-0.2, 0) is 20.3 Å². The molecule has 0 spiro atoms. The number of benzene rings is 1. The molecule has 1 aromatic carbocycles. The molecule has 0 aliphatic rings. The topological polar surface area (TPSA) is 111 Å². The number of halogens is 1. The maximum Gasteiger partial charge on any atom is 0.408 e. The first-order valence-corrected chi connectivity index (χ1v) is 11.2. The van der Waals surface area contributed by atoms with Gasteiger partial charge in [-0.3, -0.25) is 0 Å². The van der Waals surface area contributed by atoms with E-state index in [1.54, 1.807) is 45.0 Å². The standard InChI is InChI=1S/C19H26ClN3O5S/c1-6-12(2)15(21-17(24)28-19(3,4)5)16-22-23-18(27-16)29(25,26)11-13-8-7-9-14(20)10-13/h7-10,12,15H,6,11H2,1-5H3,(H,21,24)/t12-,15+/m1/s1. The Bertz CT molecular complexity index is 953. The van der Waals surface area contributed by atoms with Crippen LogP contribution in [0.1, 0.15) is 58.5 Å². The Hall–Kier alpha value is -2.13. The number of hydrogen-bond acceptors (Lipinski definition) is 7. The van der Waals surface area contributed by atoms with Crippen molar-refractivity contribution in [3.8, 4) is 0 Å². The summed E-state index contributed by atoms with van der Waals surface area (Å²) < 4.78 is 36.0. The first-order chi connectivity index (χ1) is 13.4. The fourth-order valence-corrected chi connectivity index (χ4v) is 3.83. The maximum atomic E-state index is 12.6. The Morgan fingerprint density at radius 3 is 2.59 bits per heavy atom. The molecule has 0 unspecified atom stereocenters. The molecule has 29 heavy (non-hydrogen) atoms. The molecule has 2 rings (SSSR count). The van der Waals surface area contributed by atoms with Gasteiger partial charge in [0.25, 0.3) is 0 Å². The van der Waals surface area contributed by atoms with E-state index in [1.165, 1.54) is 0 Å². The summed E-state index contributed by atoms with van der Waals surface area (Å²) in [5.74, 6) is -0.413. The lowest BCUT2D eigenvalue weighted by molar-refractivity contribution is 0.0473. The molecule has 1 amide bonds. The van der Waals surface area contributed by atoms with Crippen LogP contribution in [0.5, 0.6) is 0 Å². The van der Waals surface area contributed by atoms with Gasteiger partial charge >= 0.3 is 11.3 Å². The summed E-state index contributed by atoms with van der Waals surface area (Å²) >= 11 is 5.91. The lowest BCUT2D eigenvalue weighted by Gasteiger charge is -2.24. The Kier molecular flexibility index (Phi) is 7.29. The lowest BCUT2D eigenvalue weighted by Crippen LogP contribution is -2.37. The molecule has 0 aliphatic heterocycles. The van der Waals surface area contributed by atoms with Crippen molar-refractivity contribution in [2.45, 2.75) is 63.7 Å². The number of alkyl carbamates (subject to hydrolysis) is 1. The van der Waals surface area contributed by atoms with Crippen LogP contribution in [-0.4, -0.2) is 30.3 Å². The summed E-state index contributed by atoms with van der Waals surface area (Å²) in [5.41, 5.74) is -0.174. The molecule has 1 N–H and O–H groups in total. The van der Waals surface area contributed by atoms with Crippen molar-refractivity contribution >= 4 is 27.5 Å². The highest BCUT2D eigenvalue weighted by Crippen LogP contribution is 2.26. The van der Waals surface area contributed by atoms with Gasteiger partial charge in [-0.15, -0.1) is 5.10 Å². The third-order valence-electron chi connectivity index (χ3n) is 4.09. The molecule has 0 fully saturated rings. The number of aromatic nitrogens is 2. The molecule has 0 bridgehead atoms. The first-order valence-electron chi connectivity index (χ1n) is 9.21. The van der Waals surface area contributed by atoms with Crippen LogP contribution in [0.15, 0.2) is 33.9 Å². The Morgan fingerprint density at radius 1 is 1.31 bits per heavy atom. The number of carbonyl (C=O) groups excluding carboxylic acids is 1. The summed E-state index contributed by atoms with van der Waals surface area (Å²) in [6.45, 7) is 9.06. The quantitative estimate of drug-likeness (QED) is 0.678. The van der Waals surface area contributed by atoms with Crippen molar-refractivity contribution in [1.29, 1.82) is 0 Å². The Labute approximate surface area is 175 Å². The molecule has 1 heterocycles. The second kappa shape index (κ2) is 9.13. The first kappa shape index (κ1) is 23.2. The van der Waals surface area contributed by atoms with Crippen molar-refractivity contribution in [1.82, 2.24) is 15.5 Å². The lowest BCUT2D eigenvalue weighted by atomic mass is 9.99. The zero-order chi connectivity index (χ0) is 21.8. The molecule has 0 saturated heterocycles. The van der Waals surface area contributed by atoms with Crippen LogP contribution in [0.2, 0.25) is 5.02 Å². The van der Waals surface area contributed by atoms with Gasteiger partial charge in [-0.05, 0) is 44.4 Å². The second-order valence-electron chi connectivity index (χ2n) is 7.80. The van der Waals surface area contributed by atoms with Crippen LogP contribution in [0, 0.1) is 5.92 Å². The summed E-state index contributed by atoms with van der Waals surface area (Å²) in [6.07, 6.45) is 0.0392. The molecule has 0 saturated carbocycles. The van der Waals surface area contributed by atoms with E-state index in [0.29, 0.717) is 17.0 Å². The van der Waals surface area contributed by atoms with Gasteiger partial charge in [-0.25, -0.2) is 13.2 Å². The van der Waals surface area contributed by atoms with Gasteiger partial charge in [0.1, 0.15) is 11.6 Å². The van der Waals surface area contributed by atoms with E-state index in [4.69, 9.17) is 20.8 Å². The van der Waals surface area contributed by atoms with E-state index < -0.39 is 32.8 Å². The molecule has 1 aromatic heterocycles. The molecule has 2 atom stereocenters. The Balaban J connectivity index is 2.24. The van der Waals surface area contributed by atoms with Gasteiger partial charge in [0.05, 0.1) is 5.75 Å². The molecule has 160 valence electrons. The summed E-state index contributed by atoms with van der Waals surface area (Å²) in [6, 6.07) is 5.84. The zero-order valence-corrected chi connectivity index (χ0v) is 18.7. The van der Waals surface area contributed by atoms with Crippen molar-refractivity contribution in [3.63, 3.8) is 0 Å². The third-order valence-corrected chi connectivity index (χ3v) is 5.73. The van der Waals surface area contributed by atoms with Gasteiger partial charge in [0.2, 0.25) is 15.7 Å². The number of nitrogens with zero attached hydrogens (tertiary/aromatic N) is 2. The van der Waals surface area contributed by atoms with Gasteiger partial charge in [-0.1, -0.05) is 49.1 Å². The fraction of sp³-hybridized carbons (Fsp3) is 0.526. The predicted molar refractivity (Wildman–Crippen MR) is 108 cm³/mol. The number of nitrogens with one attached hydrogen (secondary N) is 1. The highest BCUT2D eigenvalue weighted by molar-refractivity contribution is 7.90. The van der Waals surface area contributed by atoms with Crippen LogP contribution < -0.4 is 5.32 Å². The van der Waals surface area contributed by atoms with Crippen LogP contribution in [0.4, 0.5) is 4.79 Å². The second-order valence-corrected chi connectivity index (χ2v) is 10.1. The van der Waals surface area contributed by atoms with E-state index in [0.717, 1.165) is 0 Å². The molecule has 2 aromatic rings. The van der Waals surface area contributed by atoms with Crippen molar-refractivity contribution in [2.24, 2.45) is 5.92 Å². The summed E-state index contributed by atoms with van der Waals surface area (Å²) in [4.78, 5) is 12.2. The van der Waals surface area contributed by atoms with Gasteiger partial charge in [0.15, 0.2) is 0 Å². The maximum absolute atomic E-state index is 12.6. The van der Waals surface area contributed by atoms with E-state index in [9.17, 15) is 13.2 Å². The molecule has 10 heteroatoms. The van der Waals surface area contributed by atoms with Crippen LogP contribution >= 0.6 is 11.6 Å². The van der Waals surface area contributed by atoms with Crippen LogP contribution in [0.25, 0.3) is 0 Å². The van der Waals surface area contributed by atoms with Gasteiger partial charge in [0, 0.05) is 5.02 Å². The number of sulfone groups is 1. The molecular formula is C19H26ClN3O5S. The number of hydrogen-bond donors (Lipinski definition) is 1. The zero-order valence-electron chi connectivity index (χ0n) is 17.1. The Morgan fingerprint density at radius 2 is 2.00 bits per heavy atom. The smallest absolute Gasteiger partial charge is 0.408 e. The number of carbonyl (C=O) groups is 1. The van der Waals surface area contributed by atoms with Crippen LogP contribution in [0.3, 0.4) is 0 Å². The summed E-state index contributed by atoms with van der Waals surface area (Å²) in [5, 5.41) is 10.2. The minimum absolute atomic E-state index is 0.00915. The number of rotatable bonds is 7. The molecular weight excluding hydrogens is 418 g/mol. The SMILES string of the molecule is CC[C@@H](C)[C@H](NC(=O)OC(C)(C)C)c1nnc(S(=O)(=O)Cc2cccc(Cl)c2)o1. The summed E-state index contributed by atoms with van der Waals surface area (Å²) in [7, 11) is -3.88. The molecule has 8 nitrogen and oxygen atoms in total. The fourth-order valence-electron chi connectivity index (χ4n) is 2.50. The predicted octanol–water partition coefficient (Wildman–Crippen LogP) is 4.31. The molecule has 0 aliphatic carbocycles. The minimum atomic E-state index is -3.88. The van der Waals surface area contributed by atoms with E-state index in [1.807, 2.05) is 13.8 Å².